The highest BCUT2D eigenvalue weighted by molar-refractivity contribution is 5.83. The average Bonchev–Trinajstić information content (AvgIpc) is 3.12. The second-order valence-electron chi connectivity index (χ2n) is 6.88. The van der Waals surface area contributed by atoms with Crippen molar-refractivity contribution in [3.63, 3.8) is 0 Å². The maximum atomic E-state index is 12.5. The topological polar surface area (TPSA) is 68.9 Å². The van der Waals surface area contributed by atoms with Crippen molar-refractivity contribution < 1.29 is 4.79 Å². The van der Waals surface area contributed by atoms with Gasteiger partial charge in [-0.3, -0.25) is 14.2 Å². The lowest BCUT2D eigenvalue weighted by Crippen LogP contribution is -2.29. The molecule has 28 heavy (non-hydrogen) atoms. The number of para-hydroxylation sites is 1. The van der Waals surface area contributed by atoms with Gasteiger partial charge in [-0.1, -0.05) is 24.3 Å². The van der Waals surface area contributed by atoms with E-state index in [0.29, 0.717) is 30.5 Å². The van der Waals surface area contributed by atoms with E-state index in [1.807, 2.05) is 24.4 Å². The van der Waals surface area contributed by atoms with Crippen LogP contribution in [0.4, 0.5) is 0 Å². The molecule has 0 spiro atoms. The predicted molar refractivity (Wildman–Crippen MR) is 110 cm³/mol. The van der Waals surface area contributed by atoms with Crippen molar-refractivity contribution in [3.05, 3.63) is 77.0 Å². The maximum absolute atomic E-state index is 12.5. The van der Waals surface area contributed by atoms with Gasteiger partial charge < -0.3 is 9.88 Å². The highest BCUT2D eigenvalue weighted by Crippen LogP contribution is 2.19. The minimum absolute atomic E-state index is 0.0762. The lowest BCUT2D eigenvalue weighted by molar-refractivity contribution is -0.121. The number of benzene rings is 2. The van der Waals surface area contributed by atoms with Gasteiger partial charge in [-0.05, 0) is 36.8 Å². The molecule has 0 aliphatic carbocycles. The van der Waals surface area contributed by atoms with Crippen molar-refractivity contribution in [2.75, 3.05) is 6.54 Å². The first kappa shape index (κ1) is 18.0. The van der Waals surface area contributed by atoms with Gasteiger partial charge in [-0.25, -0.2) is 4.98 Å². The van der Waals surface area contributed by atoms with Gasteiger partial charge >= 0.3 is 0 Å². The molecule has 0 unspecified atom stereocenters. The molecule has 0 aliphatic heterocycles. The van der Waals surface area contributed by atoms with E-state index in [0.717, 1.165) is 0 Å². The summed E-state index contributed by atoms with van der Waals surface area (Å²) >= 11 is 0. The number of hydrogen-bond donors (Lipinski definition) is 1. The van der Waals surface area contributed by atoms with E-state index < -0.39 is 0 Å². The Kier molecular flexibility index (Phi) is 4.93. The largest absolute Gasteiger partial charge is 0.354 e. The molecule has 1 amide bonds. The van der Waals surface area contributed by atoms with Crippen molar-refractivity contribution in [1.82, 2.24) is 19.4 Å². The molecule has 142 valence electrons. The predicted octanol–water partition coefficient (Wildman–Crippen LogP) is 2.87. The number of rotatable bonds is 6. The Morgan fingerprint density at radius 1 is 1.00 bits per heavy atom. The van der Waals surface area contributed by atoms with Crippen LogP contribution >= 0.6 is 0 Å². The monoisotopic (exact) mass is 374 g/mol. The van der Waals surface area contributed by atoms with Gasteiger partial charge in [0, 0.05) is 43.2 Å². The Balaban J connectivity index is 1.33. The van der Waals surface area contributed by atoms with Crippen LogP contribution in [-0.2, 0) is 17.9 Å². The van der Waals surface area contributed by atoms with E-state index in [2.05, 4.69) is 40.0 Å². The summed E-state index contributed by atoms with van der Waals surface area (Å²) in [7, 11) is 0. The highest BCUT2D eigenvalue weighted by Gasteiger charge is 2.07. The van der Waals surface area contributed by atoms with Gasteiger partial charge in [0.05, 0.1) is 17.2 Å². The minimum atomic E-state index is -0.118. The molecule has 4 aromatic rings. The lowest BCUT2D eigenvalue weighted by atomic mass is 10.1. The van der Waals surface area contributed by atoms with Gasteiger partial charge in [0.2, 0.25) is 5.91 Å². The van der Waals surface area contributed by atoms with E-state index in [1.54, 1.807) is 12.1 Å². The van der Waals surface area contributed by atoms with Crippen LogP contribution in [0.1, 0.15) is 12.0 Å². The molecular weight excluding hydrogens is 352 g/mol. The summed E-state index contributed by atoms with van der Waals surface area (Å²) in [5, 5.41) is 4.73. The summed E-state index contributed by atoms with van der Waals surface area (Å²) in [6, 6.07) is 15.6. The van der Waals surface area contributed by atoms with E-state index >= 15 is 0 Å². The Bertz CT molecular complexity index is 1210. The van der Waals surface area contributed by atoms with Crippen LogP contribution in [0.15, 0.2) is 65.8 Å². The normalized spacial score (nSPS) is 11.2. The van der Waals surface area contributed by atoms with Crippen molar-refractivity contribution in [2.24, 2.45) is 0 Å². The number of carbonyl (C=O) groups excluding carboxylic acids is 1. The standard InChI is InChI=1S/C22H22N4O2/c1-16-5-4-8-20-17(16)9-12-25(20)14-11-23-21(27)10-13-26-15-24-19-7-3-2-6-18(19)22(26)28/h2-9,12,15H,10-11,13-14H2,1H3,(H,23,27). The molecule has 0 atom stereocenters. The molecule has 0 saturated heterocycles. The maximum Gasteiger partial charge on any atom is 0.261 e. The average molecular weight is 374 g/mol. The van der Waals surface area contributed by atoms with E-state index in [-0.39, 0.29) is 17.9 Å². The van der Waals surface area contributed by atoms with Crippen molar-refractivity contribution in [3.8, 4) is 0 Å². The molecule has 0 radical (unpaired) electrons. The fourth-order valence-corrected chi connectivity index (χ4v) is 3.46. The van der Waals surface area contributed by atoms with Crippen LogP contribution < -0.4 is 10.9 Å². The zero-order valence-corrected chi connectivity index (χ0v) is 15.8. The molecular formula is C22H22N4O2. The number of aryl methyl sites for hydroxylation is 2. The molecule has 6 nitrogen and oxygen atoms in total. The first-order valence-electron chi connectivity index (χ1n) is 9.39. The van der Waals surface area contributed by atoms with Crippen molar-refractivity contribution in [1.29, 1.82) is 0 Å². The van der Waals surface area contributed by atoms with Crippen LogP contribution in [0.5, 0.6) is 0 Å². The molecule has 0 aliphatic rings. The molecule has 2 aromatic heterocycles. The molecule has 0 bridgehead atoms. The molecule has 2 aromatic carbocycles. The van der Waals surface area contributed by atoms with Gasteiger partial charge in [-0.15, -0.1) is 0 Å². The summed E-state index contributed by atoms with van der Waals surface area (Å²) in [4.78, 5) is 28.9. The number of fused-ring (bicyclic) bond motifs is 2. The molecule has 1 N–H and O–H groups in total. The second kappa shape index (κ2) is 7.68. The molecule has 6 heteroatoms. The van der Waals surface area contributed by atoms with Gasteiger partial charge in [0.25, 0.3) is 5.56 Å². The SMILES string of the molecule is Cc1cccc2c1ccn2CCNC(=O)CCn1cnc2ccccc2c1=O. The zero-order valence-electron chi connectivity index (χ0n) is 15.8. The lowest BCUT2D eigenvalue weighted by Gasteiger charge is -2.09. The fraction of sp³-hybridized carbons (Fsp3) is 0.227. The van der Waals surface area contributed by atoms with Crippen LogP contribution in [0.2, 0.25) is 0 Å². The number of aromatic nitrogens is 3. The number of nitrogens with zero attached hydrogens (tertiary/aromatic N) is 3. The van der Waals surface area contributed by atoms with Crippen LogP contribution in [0.3, 0.4) is 0 Å². The third kappa shape index (κ3) is 3.53. The Hall–Kier alpha value is -3.41. The zero-order chi connectivity index (χ0) is 19.5. The van der Waals surface area contributed by atoms with Crippen LogP contribution in [-0.4, -0.2) is 26.6 Å². The molecule has 4 rings (SSSR count). The number of carbonyl (C=O) groups is 1. The number of amides is 1. The first-order valence-corrected chi connectivity index (χ1v) is 9.39. The molecule has 2 heterocycles. The van der Waals surface area contributed by atoms with Gasteiger partial charge in [-0.2, -0.15) is 0 Å². The van der Waals surface area contributed by atoms with E-state index in [1.165, 1.54) is 27.4 Å². The molecule has 0 fully saturated rings. The summed E-state index contributed by atoms with van der Waals surface area (Å²) in [6.07, 6.45) is 3.79. The van der Waals surface area contributed by atoms with E-state index in [9.17, 15) is 9.59 Å². The first-order chi connectivity index (χ1) is 13.6. The van der Waals surface area contributed by atoms with Crippen molar-refractivity contribution in [2.45, 2.75) is 26.4 Å². The number of hydrogen-bond acceptors (Lipinski definition) is 3. The highest BCUT2D eigenvalue weighted by atomic mass is 16.1. The summed E-state index contributed by atoms with van der Waals surface area (Å²) in [6.45, 7) is 3.66. The third-order valence-corrected chi connectivity index (χ3v) is 5.02. The summed E-state index contributed by atoms with van der Waals surface area (Å²) in [5.41, 5.74) is 2.97. The number of nitrogens with one attached hydrogen (secondary N) is 1. The minimum Gasteiger partial charge on any atom is -0.354 e. The summed E-state index contributed by atoms with van der Waals surface area (Å²) < 4.78 is 3.63. The second-order valence-corrected chi connectivity index (χ2v) is 6.88. The quantitative estimate of drug-likeness (QED) is 0.564. The summed E-state index contributed by atoms with van der Waals surface area (Å²) in [5.74, 6) is -0.0762. The Labute approximate surface area is 162 Å². The van der Waals surface area contributed by atoms with Gasteiger partial charge in [0.15, 0.2) is 0 Å². The third-order valence-electron chi connectivity index (χ3n) is 5.02. The van der Waals surface area contributed by atoms with Crippen LogP contribution in [0, 0.1) is 6.92 Å². The van der Waals surface area contributed by atoms with Crippen molar-refractivity contribution >= 4 is 27.7 Å². The van der Waals surface area contributed by atoms with Gasteiger partial charge in [0.1, 0.15) is 0 Å². The van der Waals surface area contributed by atoms with E-state index in [4.69, 9.17) is 0 Å². The fourth-order valence-electron chi connectivity index (χ4n) is 3.46. The molecule has 0 saturated carbocycles. The Morgan fingerprint density at radius 3 is 2.75 bits per heavy atom. The Morgan fingerprint density at radius 2 is 1.86 bits per heavy atom. The smallest absolute Gasteiger partial charge is 0.261 e. The van der Waals surface area contributed by atoms with Crippen LogP contribution in [0.25, 0.3) is 21.8 Å².